The number of rotatable bonds is 13. The van der Waals surface area contributed by atoms with Gasteiger partial charge in [0.2, 0.25) is 11.8 Å². The smallest absolute Gasteiger partial charge is 0.387 e. The van der Waals surface area contributed by atoms with Gasteiger partial charge in [0, 0.05) is 38.3 Å². The number of fused-ring (bicyclic) bond motifs is 1. The van der Waals surface area contributed by atoms with Crippen LogP contribution in [0.15, 0.2) is 35.5 Å². The van der Waals surface area contributed by atoms with E-state index in [-0.39, 0.29) is 42.1 Å². The summed E-state index contributed by atoms with van der Waals surface area (Å²) in [6, 6.07) is 4.70. The number of aryl methyl sites for hydroxylation is 1. The van der Waals surface area contributed by atoms with E-state index in [1.54, 1.807) is 0 Å². The van der Waals surface area contributed by atoms with E-state index in [9.17, 15) is 41.4 Å². The first kappa shape index (κ1) is 39.9. The van der Waals surface area contributed by atoms with Crippen LogP contribution in [0.2, 0.25) is 0 Å². The Hall–Kier alpha value is -5.28. The predicted molar refractivity (Wildman–Crippen MR) is 188 cm³/mol. The van der Waals surface area contributed by atoms with Crippen LogP contribution < -0.4 is 31.1 Å². The van der Waals surface area contributed by atoms with Gasteiger partial charge in [-0.3, -0.25) is 4.57 Å². The summed E-state index contributed by atoms with van der Waals surface area (Å²) in [5, 5.41) is 46.6. The zero-order chi connectivity index (χ0) is 40.5. The van der Waals surface area contributed by atoms with Crippen molar-refractivity contribution >= 4 is 45.0 Å². The lowest BCUT2D eigenvalue weighted by atomic mass is 10.1. The molecule has 0 saturated carbocycles. The van der Waals surface area contributed by atoms with Gasteiger partial charge >= 0.3 is 18.2 Å². The second-order valence-corrected chi connectivity index (χ2v) is 15.1. The van der Waals surface area contributed by atoms with Crippen LogP contribution in [0.25, 0.3) is 11.2 Å². The van der Waals surface area contributed by atoms with E-state index in [1.807, 2.05) is 11.8 Å². The van der Waals surface area contributed by atoms with E-state index in [0.29, 0.717) is 55.9 Å². The molecule has 0 aliphatic carbocycles. The van der Waals surface area contributed by atoms with Gasteiger partial charge in [0.25, 0.3) is 10.0 Å². The number of halogens is 3. The number of aliphatic hydroxyl groups excluding tert-OH is 2. The highest BCUT2D eigenvalue weighted by atomic mass is 32.2. The van der Waals surface area contributed by atoms with Crippen molar-refractivity contribution < 1.29 is 51.0 Å². The summed E-state index contributed by atoms with van der Waals surface area (Å²) in [6.45, 7) is 4.89. The molecule has 1 aromatic carbocycles. The summed E-state index contributed by atoms with van der Waals surface area (Å²) < 4.78 is 69.5. The molecule has 7 N–H and O–H groups in total. The number of nitrogens with one attached hydrogen (secondary N) is 5. The van der Waals surface area contributed by atoms with Gasteiger partial charge in [0.15, 0.2) is 29.3 Å². The van der Waals surface area contributed by atoms with Crippen molar-refractivity contribution in [3.05, 3.63) is 42.0 Å². The number of imidazole rings is 1. The van der Waals surface area contributed by atoms with Gasteiger partial charge in [0.1, 0.15) is 12.2 Å². The molecule has 0 bridgehead atoms. The Morgan fingerprint density at radius 2 is 1.86 bits per heavy atom. The lowest BCUT2D eigenvalue weighted by molar-refractivity contribution is -0.203. The minimum absolute atomic E-state index is 0.0454. The summed E-state index contributed by atoms with van der Waals surface area (Å²) >= 11 is 0. The third-order valence-electron chi connectivity index (χ3n) is 9.54. The number of tetrazole rings is 1. The molecule has 308 valence electrons. The molecule has 0 spiro atoms. The molecule has 26 heteroatoms. The standard InChI is InChI=1S/C31H39F3N14O8S/c1-2-48-43-25(42-44-48)23-21(49)22(50)27(55-23)47-15-37-20-24(36-11-7-16-3-5-19(6-4-16)57(53,54)45-56-28(51)31(32,33)34)40-29(41-26(20)47)46-12-9-18(14-46)39-30(52)38-17-8-10-35-13-17/h3-6,15,17-18,21-23,27,35,45,49-50H,2,7-14H2,1H3,(H,36,40,41)(H2,38,39,52)/t17-,18-,21+,22-,23+,27-/m1/s1. The van der Waals surface area contributed by atoms with E-state index >= 15 is 0 Å². The molecule has 0 radical (unpaired) electrons. The topological polar surface area (TPSA) is 278 Å². The second kappa shape index (κ2) is 16.3. The third kappa shape index (κ3) is 8.84. The molecule has 3 saturated heterocycles. The van der Waals surface area contributed by atoms with Crippen molar-refractivity contribution in [1.82, 2.24) is 60.6 Å². The molecular weight excluding hydrogens is 785 g/mol. The molecule has 3 aliphatic heterocycles. The first-order valence-corrected chi connectivity index (χ1v) is 19.4. The normalized spacial score (nSPS) is 23.9. The lowest BCUT2D eigenvalue weighted by Crippen LogP contribution is -2.47. The summed E-state index contributed by atoms with van der Waals surface area (Å²) in [5.74, 6) is -2.06. The Kier molecular flexibility index (Phi) is 11.4. The van der Waals surface area contributed by atoms with Gasteiger partial charge in [-0.15, -0.1) is 10.2 Å². The number of ether oxygens (including phenoxy) is 1. The number of aliphatic hydroxyl groups is 2. The molecular formula is C31H39F3N14O8S. The van der Waals surface area contributed by atoms with Crippen molar-refractivity contribution in [2.75, 3.05) is 42.9 Å². The highest BCUT2D eigenvalue weighted by molar-refractivity contribution is 7.89. The molecule has 57 heavy (non-hydrogen) atoms. The summed E-state index contributed by atoms with van der Waals surface area (Å²) in [4.78, 5) is 45.3. The number of anilines is 2. The van der Waals surface area contributed by atoms with Gasteiger partial charge in [-0.1, -0.05) is 12.1 Å². The maximum absolute atomic E-state index is 12.7. The largest absolute Gasteiger partial charge is 0.492 e. The highest BCUT2D eigenvalue weighted by Gasteiger charge is 2.47. The molecule has 2 amide bonds. The van der Waals surface area contributed by atoms with E-state index in [2.05, 4.69) is 46.5 Å². The number of hydrogen-bond donors (Lipinski definition) is 7. The average molecular weight is 825 g/mol. The quantitative estimate of drug-likeness (QED) is 0.0798. The van der Waals surface area contributed by atoms with Crippen molar-refractivity contribution in [1.29, 1.82) is 0 Å². The minimum Gasteiger partial charge on any atom is -0.387 e. The Morgan fingerprint density at radius 1 is 1.09 bits per heavy atom. The molecule has 4 aromatic rings. The Balaban J connectivity index is 1.09. The van der Waals surface area contributed by atoms with Crippen molar-refractivity contribution in [2.45, 2.75) is 80.4 Å². The fraction of sp³-hybridized carbons (Fsp3) is 0.548. The fourth-order valence-corrected chi connectivity index (χ4v) is 7.35. The van der Waals surface area contributed by atoms with E-state index in [1.165, 1.54) is 32.7 Å². The third-order valence-corrected chi connectivity index (χ3v) is 10.7. The second-order valence-electron chi connectivity index (χ2n) is 13.5. The van der Waals surface area contributed by atoms with Gasteiger partial charge in [-0.25, -0.2) is 23.0 Å². The maximum Gasteiger partial charge on any atom is 0.492 e. The first-order chi connectivity index (χ1) is 27.2. The SMILES string of the molecule is CCn1nnc([C@H]2O[C@@H](n3cnc4c(NCCc5ccc(S(=O)(=O)NOC(=O)C(F)(F)F)cc5)nc(N5CC[C@@H](NC(=O)N[C@@H]6CCNC6)C5)nc43)[C@H](O)[C@@H]2O)n1. The number of aromatic nitrogens is 8. The van der Waals surface area contributed by atoms with Crippen LogP contribution in [-0.2, 0) is 37.4 Å². The number of benzene rings is 1. The van der Waals surface area contributed by atoms with E-state index < -0.39 is 51.6 Å². The Morgan fingerprint density at radius 3 is 2.56 bits per heavy atom. The zero-order valence-electron chi connectivity index (χ0n) is 30.1. The monoisotopic (exact) mass is 824 g/mol. The van der Waals surface area contributed by atoms with Crippen LogP contribution in [0.5, 0.6) is 0 Å². The number of carbonyl (C=O) groups excluding carboxylic acids is 2. The van der Waals surface area contributed by atoms with E-state index in [0.717, 1.165) is 25.1 Å². The van der Waals surface area contributed by atoms with Crippen LogP contribution in [0, 0.1) is 0 Å². The molecule has 0 unspecified atom stereocenters. The average Bonchev–Trinajstić information content (AvgIpc) is 4.03. The van der Waals surface area contributed by atoms with Crippen LogP contribution in [-0.4, -0.2) is 134 Å². The van der Waals surface area contributed by atoms with Crippen molar-refractivity contribution in [3.63, 3.8) is 0 Å². The molecule has 3 aliphatic rings. The zero-order valence-corrected chi connectivity index (χ0v) is 30.9. The molecule has 3 aromatic heterocycles. The number of nitrogens with zero attached hydrogens (tertiary/aromatic N) is 9. The van der Waals surface area contributed by atoms with Gasteiger partial charge in [-0.05, 0) is 60.5 Å². The van der Waals surface area contributed by atoms with Crippen LogP contribution in [0.1, 0.15) is 43.5 Å². The summed E-state index contributed by atoms with van der Waals surface area (Å²) in [7, 11) is -4.61. The molecule has 3 fully saturated rings. The summed E-state index contributed by atoms with van der Waals surface area (Å²) in [5.41, 5.74) is 1.17. The van der Waals surface area contributed by atoms with Gasteiger partial charge < -0.3 is 46.0 Å². The highest BCUT2D eigenvalue weighted by Crippen LogP contribution is 2.39. The predicted octanol–water partition coefficient (Wildman–Crippen LogP) is -0.982. The van der Waals surface area contributed by atoms with Gasteiger partial charge in [0.05, 0.1) is 17.8 Å². The van der Waals surface area contributed by atoms with Crippen molar-refractivity contribution in [3.8, 4) is 0 Å². The molecule has 6 atom stereocenters. The Bertz CT molecular complexity index is 2180. The van der Waals surface area contributed by atoms with Crippen LogP contribution in [0.3, 0.4) is 0 Å². The first-order valence-electron chi connectivity index (χ1n) is 17.9. The number of urea groups is 1. The van der Waals surface area contributed by atoms with Gasteiger partial charge in [-0.2, -0.15) is 27.9 Å². The maximum atomic E-state index is 12.7. The molecule has 7 rings (SSSR count). The summed E-state index contributed by atoms with van der Waals surface area (Å²) in [6.07, 6.45) is -7.37. The number of sulfonamides is 1. The molecule has 6 heterocycles. The number of amides is 2. The van der Waals surface area contributed by atoms with Crippen LogP contribution in [0.4, 0.5) is 29.7 Å². The minimum atomic E-state index is -5.39. The fourth-order valence-electron chi connectivity index (χ4n) is 6.57. The number of carbonyl (C=O) groups is 2. The number of alkyl halides is 3. The Labute approximate surface area is 321 Å². The van der Waals surface area contributed by atoms with Crippen molar-refractivity contribution in [2.24, 2.45) is 0 Å². The molecule has 22 nitrogen and oxygen atoms in total. The van der Waals surface area contributed by atoms with E-state index in [4.69, 9.17) is 14.7 Å². The number of hydrogen-bond acceptors (Lipinski definition) is 17. The van der Waals surface area contributed by atoms with Crippen LogP contribution >= 0.6 is 0 Å². The lowest BCUT2D eigenvalue weighted by Gasteiger charge is -2.20.